The number of unbranched alkanes of at least 4 members (excludes halogenated alkanes) is 3. The van der Waals surface area contributed by atoms with Gasteiger partial charge in [-0.1, -0.05) is 35.9 Å². The number of hydrogen-bond donors (Lipinski definition) is 0. The molecule has 0 saturated carbocycles. The summed E-state index contributed by atoms with van der Waals surface area (Å²) in [6.45, 7) is 3.64. The number of halogens is 1. The van der Waals surface area contributed by atoms with Gasteiger partial charge in [-0.25, -0.2) is 8.42 Å². The Hall–Kier alpha value is -1.06. The van der Waals surface area contributed by atoms with Gasteiger partial charge >= 0.3 is 0 Å². The Kier molecular flexibility index (Phi) is 6.16. The summed E-state index contributed by atoms with van der Waals surface area (Å²) in [4.78, 5) is 0.161. The Labute approximate surface area is 114 Å². The number of sulfone groups is 1. The van der Waals surface area contributed by atoms with Crippen molar-refractivity contribution in [2.24, 2.45) is 0 Å². The van der Waals surface area contributed by atoms with Crippen LogP contribution in [0.1, 0.15) is 25.7 Å². The lowest BCUT2D eigenvalue weighted by atomic mass is 10.2. The van der Waals surface area contributed by atoms with Crippen molar-refractivity contribution in [3.05, 3.63) is 53.4 Å². The predicted molar refractivity (Wildman–Crippen MR) is 76.4 cm³/mol. The fourth-order valence-corrected chi connectivity index (χ4v) is 3.10. The van der Waals surface area contributed by atoms with Gasteiger partial charge in [-0.15, -0.1) is 6.58 Å². The first-order chi connectivity index (χ1) is 8.58. The molecular formula is C14H17ClO2S. The lowest BCUT2D eigenvalue weighted by molar-refractivity contribution is 0.604. The average molecular weight is 285 g/mol. The van der Waals surface area contributed by atoms with Crippen LogP contribution in [-0.2, 0) is 9.84 Å². The molecule has 1 aromatic carbocycles. The molecule has 18 heavy (non-hydrogen) atoms. The third-order valence-corrected chi connectivity index (χ3v) is 4.41. The van der Waals surface area contributed by atoms with E-state index in [-0.39, 0.29) is 9.92 Å². The summed E-state index contributed by atoms with van der Waals surface area (Å²) >= 11 is 5.87. The van der Waals surface area contributed by atoms with Crippen molar-refractivity contribution in [1.29, 1.82) is 0 Å². The molecule has 0 aromatic heterocycles. The van der Waals surface area contributed by atoms with Crippen molar-refractivity contribution in [2.45, 2.75) is 30.6 Å². The number of rotatable bonds is 7. The van der Waals surface area contributed by atoms with Crippen molar-refractivity contribution in [2.75, 3.05) is 0 Å². The van der Waals surface area contributed by atoms with Gasteiger partial charge in [-0.2, -0.15) is 0 Å². The highest BCUT2D eigenvalue weighted by Gasteiger charge is 2.13. The average Bonchev–Trinajstić information content (AvgIpc) is 2.34. The molecular weight excluding hydrogens is 268 g/mol. The smallest absolute Gasteiger partial charge is 0.200 e. The Balaban J connectivity index is 2.63. The van der Waals surface area contributed by atoms with Gasteiger partial charge in [0.25, 0.3) is 0 Å². The van der Waals surface area contributed by atoms with Crippen LogP contribution in [0.25, 0.3) is 0 Å². The van der Waals surface area contributed by atoms with E-state index in [2.05, 4.69) is 6.58 Å². The minimum absolute atomic E-state index is 0.161. The maximum Gasteiger partial charge on any atom is 0.200 e. The van der Waals surface area contributed by atoms with Crippen LogP contribution in [-0.4, -0.2) is 8.42 Å². The lowest BCUT2D eigenvalue weighted by Gasteiger charge is -2.01. The van der Waals surface area contributed by atoms with Gasteiger partial charge in [0.15, 0.2) is 0 Å². The maximum atomic E-state index is 12.0. The summed E-state index contributed by atoms with van der Waals surface area (Å²) in [7, 11) is -3.42. The standard InChI is InChI=1S/C14H17ClO2S/c1-2-3-4-5-6-9-12-18(16,17)14-11-8-7-10-13(14)15/h2,7-12H,1,3-6H2. The molecule has 0 radical (unpaired) electrons. The van der Waals surface area contributed by atoms with Gasteiger partial charge < -0.3 is 0 Å². The molecule has 1 aromatic rings. The SMILES string of the molecule is C=CCCCCC=CS(=O)(=O)c1ccccc1Cl. The predicted octanol–water partition coefficient (Wildman–Crippen LogP) is 4.37. The fourth-order valence-electron chi connectivity index (χ4n) is 1.49. The van der Waals surface area contributed by atoms with Crippen LogP contribution in [0.3, 0.4) is 0 Å². The molecule has 0 heterocycles. The molecule has 0 unspecified atom stereocenters. The first-order valence-electron chi connectivity index (χ1n) is 5.85. The molecule has 0 atom stereocenters. The van der Waals surface area contributed by atoms with Gasteiger partial charge in [-0.05, 0) is 37.8 Å². The molecule has 0 fully saturated rings. The highest BCUT2D eigenvalue weighted by Crippen LogP contribution is 2.22. The molecule has 98 valence electrons. The Morgan fingerprint density at radius 1 is 1.17 bits per heavy atom. The molecule has 0 N–H and O–H groups in total. The molecule has 2 nitrogen and oxygen atoms in total. The van der Waals surface area contributed by atoms with E-state index >= 15 is 0 Å². The van der Waals surface area contributed by atoms with Crippen LogP contribution >= 0.6 is 11.6 Å². The van der Waals surface area contributed by atoms with Gasteiger partial charge in [0.1, 0.15) is 0 Å². The van der Waals surface area contributed by atoms with Crippen LogP contribution in [0.5, 0.6) is 0 Å². The molecule has 0 aliphatic rings. The summed E-state index contributed by atoms with van der Waals surface area (Å²) in [5.74, 6) is 0. The van der Waals surface area contributed by atoms with E-state index in [0.717, 1.165) is 25.7 Å². The van der Waals surface area contributed by atoms with Gasteiger partial charge in [0.05, 0.1) is 9.92 Å². The minimum atomic E-state index is -3.42. The van der Waals surface area contributed by atoms with Gasteiger partial charge in [0.2, 0.25) is 9.84 Å². The zero-order valence-corrected chi connectivity index (χ0v) is 11.8. The topological polar surface area (TPSA) is 34.1 Å². The second-order valence-electron chi connectivity index (χ2n) is 3.92. The third kappa shape index (κ3) is 4.67. The van der Waals surface area contributed by atoms with E-state index in [1.54, 1.807) is 24.3 Å². The van der Waals surface area contributed by atoms with Crippen molar-refractivity contribution in [3.8, 4) is 0 Å². The Bertz CT molecular complexity index is 518. The second kappa shape index (κ2) is 7.39. The number of allylic oxidation sites excluding steroid dienone is 2. The van der Waals surface area contributed by atoms with Gasteiger partial charge in [0, 0.05) is 5.41 Å². The molecule has 0 saturated heterocycles. The third-order valence-electron chi connectivity index (χ3n) is 2.45. The van der Waals surface area contributed by atoms with Crippen molar-refractivity contribution >= 4 is 21.4 Å². The van der Waals surface area contributed by atoms with Gasteiger partial charge in [-0.3, -0.25) is 0 Å². The highest BCUT2D eigenvalue weighted by molar-refractivity contribution is 7.94. The quantitative estimate of drug-likeness (QED) is 0.550. The molecule has 0 aliphatic heterocycles. The number of benzene rings is 1. The normalized spacial score (nSPS) is 11.8. The first kappa shape index (κ1) is 15.0. The van der Waals surface area contributed by atoms with Crippen LogP contribution in [0, 0.1) is 0 Å². The van der Waals surface area contributed by atoms with Crippen molar-refractivity contribution in [3.63, 3.8) is 0 Å². The van der Waals surface area contributed by atoms with E-state index in [4.69, 9.17) is 11.6 Å². The summed E-state index contributed by atoms with van der Waals surface area (Å²) in [6, 6.07) is 6.46. The molecule has 0 bridgehead atoms. The zero-order chi connectivity index (χ0) is 13.4. The number of hydrogen-bond acceptors (Lipinski definition) is 2. The van der Waals surface area contributed by atoms with E-state index in [9.17, 15) is 8.42 Å². The molecule has 0 spiro atoms. The summed E-state index contributed by atoms with van der Waals surface area (Å²) in [5.41, 5.74) is 0. The van der Waals surface area contributed by atoms with E-state index in [1.165, 1.54) is 11.5 Å². The Morgan fingerprint density at radius 2 is 1.83 bits per heavy atom. The maximum absolute atomic E-state index is 12.0. The van der Waals surface area contributed by atoms with E-state index in [0.29, 0.717) is 0 Å². The largest absolute Gasteiger partial charge is 0.219 e. The monoisotopic (exact) mass is 284 g/mol. The minimum Gasteiger partial charge on any atom is -0.219 e. The summed E-state index contributed by atoms with van der Waals surface area (Å²) in [6.07, 6.45) is 7.25. The zero-order valence-electron chi connectivity index (χ0n) is 10.2. The summed E-state index contributed by atoms with van der Waals surface area (Å²) < 4.78 is 23.9. The lowest BCUT2D eigenvalue weighted by Crippen LogP contribution is -1.96. The highest BCUT2D eigenvalue weighted by atomic mass is 35.5. The summed E-state index contributed by atoms with van der Waals surface area (Å²) in [5, 5.41) is 1.50. The fraction of sp³-hybridized carbons (Fsp3) is 0.286. The van der Waals surface area contributed by atoms with Crippen molar-refractivity contribution in [1.82, 2.24) is 0 Å². The molecule has 0 amide bonds. The molecule has 1 rings (SSSR count). The van der Waals surface area contributed by atoms with Crippen LogP contribution in [0.15, 0.2) is 53.3 Å². The Morgan fingerprint density at radius 3 is 2.50 bits per heavy atom. The van der Waals surface area contributed by atoms with Crippen LogP contribution in [0.2, 0.25) is 5.02 Å². The molecule has 4 heteroatoms. The van der Waals surface area contributed by atoms with Crippen LogP contribution < -0.4 is 0 Å². The van der Waals surface area contributed by atoms with Crippen LogP contribution in [0.4, 0.5) is 0 Å². The van der Waals surface area contributed by atoms with Crippen molar-refractivity contribution < 1.29 is 8.42 Å². The van der Waals surface area contributed by atoms with E-state index < -0.39 is 9.84 Å². The van der Waals surface area contributed by atoms with E-state index in [1.807, 2.05) is 6.08 Å². The first-order valence-corrected chi connectivity index (χ1v) is 7.77. The second-order valence-corrected chi connectivity index (χ2v) is 6.13. The molecule has 0 aliphatic carbocycles.